The molecule has 3 aliphatic carbocycles. The van der Waals surface area contributed by atoms with E-state index in [1.54, 1.807) is 0 Å². The Morgan fingerprint density at radius 3 is 2.24 bits per heavy atom. The third-order valence-electron chi connectivity index (χ3n) is 10.8. The van der Waals surface area contributed by atoms with Crippen molar-refractivity contribution in [1.82, 2.24) is 0 Å². The van der Waals surface area contributed by atoms with Crippen LogP contribution in [0.2, 0.25) is 18.1 Å². The normalized spacial score (nSPS) is 41.5. The number of hydrogen-bond acceptors (Lipinski definition) is 5. The first-order chi connectivity index (χ1) is 15.3. The van der Waals surface area contributed by atoms with Crippen molar-refractivity contribution in [2.45, 2.75) is 116 Å². The molecule has 1 N–H and O–H groups in total. The molecule has 1 saturated heterocycles. The van der Waals surface area contributed by atoms with Gasteiger partial charge in [0, 0.05) is 30.3 Å². The summed E-state index contributed by atoms with van der Waals surface area (Å²) in [5, 5.41) is 10.2. The van der Waals surface area contributed by atoms with E-state index in [0.29, 0.717) is 43.2 Å². The van der Waals surface area contributed by atoms with E-state index in [4.69, 9.17) is 13.9 Å². The molecule has 4 fully saturated rings. The average molecular weight is 481 g/mol. The minimum Gasteiger partial charge on any atom is -0.413 e. The van der Waals surface area contributed by atoms with Gasteiger partial charge in [-0.2, -0.15) is 0 Å². The zero-order valence-electron chi connectivity index (χ0n) is 22.2. The van der Waals surface area contributed by atoms with E-state index in [1.807, 2.05) is 0 Å². The number of Topliss-reactive ketones (excluding diaryl/α,β-unsaturated/α-hetero) is 1. The largest absolute Gasteiger partial charge is 0.413 e. The fourth-order valence-corrected chi connectivity index (χ4v) is 9.13. The standard InChI is InChI=1S/C27H48O5Si/c1-24(2,3)33(6,7)32-19-8-12-25(4,23(29)18-19)21-9-13-26(5)22(20(21)11-15-28)10-14-27(26)30-16-17-31-27/h19-22,28H,8-18H2,1-7H3/t19-,20+,21?,22?,25+,26-/m0/s1. The fraction of sp³-hybridized carbons (Fsp3) is 0.963. The van der Waals surface area contributed by atoms with E-state index in [-0.39, 0.29) is 28.6 Å². The Hall–Kier alpha value is -0.273. The monoisotopic (exact) mass is 480 g/mol. The topological polar surface area (TPSA) is 65.0 Å². The van der Waals surface area contributed by atoms with Gasteiger partial charge >= 0.3 is 0 Å². The summed E-state index contributed by atoms with van der Waals surface area (Å²) < 4.78 is 19.2. The van der Waals surface area contributed by atoms with Crippen molar-refractivity contribution in [1.29, 1.82) is 0 Å². The second-order valence-electron chi connectivity index (χ2n) is 13.4. The van der Waals surface area contributed by atoms with Crippen LogP contribution in [0.4, 0.5) is 0 Å². The first-order valence-electron chi connectivity index (χ1n) is 13.4. The second kappa shape index (κ2) is 8.69. The van der Waals surface area contributed by atoms with Crippen LogP contribution in [-0.4, -0.2) is 50.9 Å². The molecule has 0 aromatic carbocycles. The lowest BCUT2D eigenvalue weighted by molar-refractivity contribution is -0.242. The van der Waals surface area contributed by atoms with Crippen molar-refractivity contribution in [3.05, 3.63) is 0 Å². The molecule has 0 aromatic heterocycles. The van der Waals surface area contributed by atoms with Gasteiger partial charge in [-0.05, 0) is 74.4 Å². The van der Waals surface area contributed by atoms with Gasteiger partial charge in [-0.15, -0.1) is 0 Å². The third kappa shape index (κ3) is 4.10. The van der Waals surface area contributed by atoms with E-state index in [2.05, 4.69) is 47.7 Å². The summed E-state index contributed by atoms with van der Waals surface area (Å²) in [6.45, 7) is 17.5. The molecular weight excluding hydrogens is 432 g/mol. The summed E-state index contributed by atoms with van der Waals surface area (Å²) in [6, 6.07) is 0. The van der Waals surface area contributed by atoms with Crippen molar-refractivity contribution in [3.8, 4) is 0 Å². The van der Waals surface area contributed by atoms with Gasteiger partial charge in [0.2, 0.25) is 0 Å². The number of ether oxygens (including phenoxy) is 2. The lowest BCUT2D eigenvalue weighted by atomic mass is 9.50. The molecular formula is C27H48O5Si. The van der Waals surface area contributed by atoms with Gasteiger partial charge in [0.15, 0.2) is 14.1 Å². The molecule has 3 saturated carbocycles. The van der Waals surface area contributed by atoms with Crippen molar-refractivity contribution in [2.75, 3.05) is 19.8 Å². The van der Waals surface area contributed by atoms with Gasteiger partial charge in [-0.25, -0.2) is 0 Å². The van der Waals surface area contributed by atoms with Gasteiger partial charge in [-0.3, -0.25) is 4.79 Å². The summed E-state index contributed by atoms with van der Waals surface area (Å²) in [5.74, 6) is 1.03. The summed E-state index contributed by atoms with van der Waals surface area (Å²) in [4.78, 5) is 13.8. The highest BCUT2D eigenvalue weighted by Gasteiger charge is 2.66. The SMILES string of the molecule is CC(C)(C)[Si](C)(C)O[C@H]1CC[C@](C)(C2CC[C@@]3(C)C(CCC34OCCO4)[C@@H]2CCO)C(=O)C1. The Balaban J connectivity index is 1.52. The highest BCUT2D eigenvalue weighted by molar-refractivity contribution is 6.74. The van der Waals surface area contributed by atoms with Crippen molar-refractivity contribution in [3.63, 3.8) is 0 Å². The zero-order valence-corrected chi connectivity index (χ0v) is 23.2. The van der Waals surface area contributed by atoms with Gasteiger partial charge in [0.05, 0.1) is 19.3 Å². The van der Waals surface area contributed by atoms with Crippen LogP contribution in [-0.2, 0) is 18.7 Å². The van der Waals surface area contributed by atoms with Gasteiger partial charge in [0.1, 0.15) is 5.78 Å². The fourth-order valence-electron chi connectivity index (χ4n) is 7.74. The number of carbonyl (C=O) groups is 1. The number of hydrogen-bond donors (Lipinski definition) is 1. The molecule has 1 aliphatic heterocycles. The lowest BCUT2D eigenvalue weighted by Crippen LogP contribution is -2.56. The predicted molar refractivity (Wildman–Crippen MR) is 132 cm³/mol. The summed E-state index contributed by atoms with van der Waals surface area (Å²) in [7, 11) is -1.89. The Morgan fingerprint density at radius 2 is 1.67 bits per heavy atom. The molecule has 5 nitrogen and oxygen atoms in total. The molecule has 1 spiro atoms. The molecule has 4 aliphatic rings. The molecule has 4 rings (SSSR count). The van der Waals surface area contributed by atoms with Crippen molar-refractivity contribution >= 4 is 14.1 Å². The maximum absolute atomic E-state index is 13.8. The smallest absolute Gasteiger partial charge is 0.192 e. The quantitative estimate of drug-likeness (QED) is 0.511. The minimum absolute atomic E-state index is 0.0259. The van der Waals surface area contributed by atoms with E-state index in [9.17, 15) is 9.90 Å². The molecule has 1 heterocycles. The predicted octanol–water partition coefficient (Wildman–Crippen LogP) is 5.70. The highest BCUT2D eigenvalue weighted by Crippen LogP contribution is 2.66. The number of rotatable bonds is 5. The molecule has 6 heteroatoms. The van der Waals surface area contributed by atoms with Crippen LogP contribution < -0.4 is 0 Å². The van der Waals surface area contributed by atoms with Crippen LogP contribution in [0.5, 0.6) is 0 Å². The van der Waals surface area contributed by atoms with Crippen LogP contribution >= 0.6 is 0 Å². The molecule has 6 atom stereocenters. The minimum atomic E-state index is -1.89. The van der Waals surface area contributed by atoms with Gasteiger partial charge in [0.25, 0.3) is 0 Å². The molecule has 190 valence electrons. The Morgan fingerprint density at radius 1 is 1.03 bits per heavy atom. The lowest BCUT2D eigenvalue weighted by Gasteiger charge is -2.56. The van der Waals surface area contributed by atoms with E-state index in [0.717, 1.165) is 44.9 Å². The Bertz CT molecular complexity index is 739. The number of fused-ring (bicyclic) bond motifs is 2. The molecule has 0 aromatic rings. The van der Waals surface area contributed by atoms with Crippen LogP contribution in [0.1, 0.15) is 86.0 Å². The zero-order chi connectivity index (χ0) is 24.3. The number of carbonyl (C=O) groups excluding carboxylic acids is 1. The highest BCUT2D eigenvalue weighted by atomic mass is 28.4. The van der Waals surface area contributed by atoms with Crippen molar-refractivity contribution in [2.24, 2.45) is 28.6 Å². The first-order valence-corrected chi connectivity index (χ1v) is 16.3. The summed E-state index contributed by atoms with van der Waals surface area (Å²) in [5.41, 5.74) is -0.344. The molecule has 0 amide bonds. The van der Waals surface area contributed by atoms with Crippen LogP contribution in [0.3, 0.4) is 0 Å². The van der Waals surface area contributed by atoms with E-state index < -0.39 is 14.1 Å². The van der Waals surface area contributed by atoms with Crippen LogP contribution in [0.25, 0.3) is 0 Å². The first kappa shape index (κ1) is 25.8. The Kier molecular flexibility index (Phi) is 6.79. The van der Waals surface area contributed by atoms with Gasteiger partial charge < -0.3 is 19.0 Å². The van der Waals surface area contributed by atoms with Gasteiger partial charge in [-0.1, -0.05) is 34.6 Å². The number of aliphatic hydroxyl groups excluding tert-OH is 1. The van der Waals surface area contributed by atoms with Crippen LogP contribution in [0, 0.1) is 28.6 Å². The molecule has 33 heavy (non-hydrogen) atoms. The molecule has 0 bridgehead atoms. The average Bonchev–Trinajstić information content (AvgIpc) is 3.31. The van der Waals surface area contributed by atoms with E-state index in [1.165, 1.54) is 0 Å². The molecule has 0 radical (unpaired) electrons. The van der Waals surface area contributed by atoms with Crippen molar-refractivity contribution < 1.29 is 23.8 Å². The maximum atomic E-state index is 13.8. The summed E-state index contributed by atoms with van der Waals surface area (Å²) >= 11 is 0. The molecule has 2 unspecified atom stereocenters. The van der Waals surface area contributed by atoms with Crippen LogP contribution in [0.15, 0.2) is 0 Å². The maximum Gasteiger partial charge on any atom is 0.192 e. The van der Waals surface area contributed by atoms with E-state index >= 15 is 0 Å². The second-order valence-corrected chi connectivity index (χ2v) is 18.2. The third-order valence-corrected chi connectivity index (χ3v) is 15.4. The number of aliphatic hydroxyl groups is 1. The number of ketones is 1. The Labute approximate surface area is 202 Å². The summed E-state index contributed by atoms with van der Waals surface area (Å²) in [6.07, 6.45) is 7.31.